The molecule has 0 aliphatic rings. The van der Waals surface area contributed by atoms with E-state index in [4.69, 9.17) is 0 Å². The van der Waals surface area contributed by atoms with E-state index in [1.54, 1.807) is 11.1 Å². The first kappa shape index (κ1) is 19.9. The summed E-state index contributed by atoms with van der Waals surface area (Å²) in [5.74, 6) is 0. The van der Waals surface area contributed by atoms with Gasteiger partial charge in [0.25, 0.3) is 0 Å². The van der Waals surface area contributed by atoms with Crippen LogP contribution in [0, 0.1) is 0 Å². The van der Waals surface area contributed by atoms with E-state index < -0.39 is 16.1 Å². The van der Waals surface area contributed by atoms with Gasteiger partial charge in [-0.2, -0.15) is 0 Å². The molecule has 0 aromatic heterocycles. The Bertz CT molecular complexity index is 290. The molecule has 2 heteroatoms. The molecule has 0 saturated carbocycles. The molecule has 0 aliphatic heterocycles. The zero-order valence-corrected chi connectivity index (χ0v) is 17.4. The molecule has 0 atom stereocenters. The number of hydrogen-bond donors (Lipinski definition) is 0. The molecule has 0 saturated heterocycles. The summed E-state index contributed by atoms with van der Waals surface area (Å²) in [6, 6.07) is 0. The molecule has 0 spiro atoms. The summed E-state index contributed by atoms with van der Waals surface area (Å²) in [6.07, 6.45) is 7.87. The Balaban J connectivity index is 5.39. The Morgan fingerprint density at radius 2 is 0.950 bits per heavy atom. The summed E-state index contributed by atoms with van der Waals surface area (Å²) in [5, 5.41) is 0. The topological polar surface area (TPSA) is 0 Å². The molecule has 0 N–H and O–H groups in total. The second-order valence-electron chi connectivity index (χ2n) is 8.28. The van der Waals surface area contributed by atoms with Gasteiger partial charge in [-0.25, -0.2) is 0 Å². The van der Waals surface area contributed by atoms with E-state index in [1.807, 2.05) is 0 Å². The summed E-state index contributed by atoms with van der Waals surface area (Å²) in [5.41, 5.74) is 8.73. The average molecular weight is 311 g/mol. The van der Waals surface area contributed by atoms with Crippen molar-refractivity contribution in [2.75, 3.05) is 0 Å². The van der Waals surface area contributed by atoms with Crippen molar-refractivity contribution >= 4 is 16.1 Å². The zero-order valence-electron chi connectivity index (χ0n) is 15.4. The first-order chi connectivity index (χ1) is 9.09. The zero-order chi connectivity index (χ0) is 15.8. The van der Waals surface area contributed by atoms with Crippen molar-refractivity contribution < 1.29 is 0 Å². The van der Waals surface area contributed by atoms with Crippen molar-refractivity contribution in [2.45, 2.75) is 91.7 Å². The standard InChI is InChI=1S/C18H38Si2/c1-9-11-13-17(15-19(3,4)5)18(14-12-10-2)16-20(6,7)8/h15-16H,9-14H2,1-8H3. The van der Waals surface area contributed by atoms with Gasteiger partial charge in [-0.05, 0) is 25.7 Å². The second kappa shape index (κ2) is 9.04. The molecular formula is C18H38Si2. The van der Waals surface area contributed by atoms with Crippen LogP contribution in [0.1, 0.15) is 52.4 Å². The van der Waals surface area contributed by atoms with Crippen molar-refractivity contribution in [1.29, 1.82) is 0 Å². The molecule has 118 valence electrons. The lowest BCUT2D eigenvalue weighted by atomic mass is 9.99. The summed E-state index contributed by atoms with van der Waals surface area (Å²) >= 11 is 0. The maximum Gasteiger partial charge on any atom is 0.0690 e. The minimum absolute atomic E-state index is 1.14. The molecule has 0 radical (unpaired) electrons. The molecule has 0 heterocycles. The Kier molecular flexibility index (Phi) is 9.00. The summed E-state index contributed by atoms with van der Waals surface area (Å²) in [6.45, 7) is 19.4. The van der Waals surface area contributed by atoms with Crippen LogP contribution in [0.4, 0.5) is 0 Å². The molecule has 0 unspecified atom stereocenters. The van der Waals surface area contributed by atoms with E-state index in [-0.39, 0.29) is 0 Å². The van der Waals surface area contributed by atoms with E-state index in [2.05, 4.69) is 64.5 Å². The van der Waals surface area contributed by atoms with Crippen molar-refractivity contribution in [3.8, 4) is 0 Å². The highest BCUT2D eigenvalue weighted by Crippen LogP contribution is 2.26. The third-order valence-electron chi connectivity index (χ3n) is 3.23. The van der Waals surface area contributed by atoms with Gasteiger partial charge < -0.3 is 0 Å². The first-order valence-corrected chi connectivity index (χ1v) is 15.7. The third kappa shape index (κ3) is 10.7. The Hall–Kier alpha value is -0.0862. The van der Waals surface area contributed by atoms with Gasteiger partial charge in [0.05, 0.1) is 16.1 Å². The maximum atomic E-state index is 2.67. The van der Waals surface area contributed by atoms with E-state index in [0.717, 1.165) is 0 Å². The van der Waals surface area contributed by atoms with Gasteiger partial charge in [0.1, 0.15) is 0 Å². The fourth-order valence-corrected chi connectivity index (χ4v) is 5.18. The van der Waals surface area contributed by atoms with Crippen LogP contribution in [0.25, 0.3) is 0 Å². The average Bonchev–Trinajstić information content (AvgIpc) is 2.27. The third-order valence-corrected chi connectivity index (χ3v) is 5.66. The van der Waals surface area contributed by atoms with Crippen molar-refractivity contribution in [3.63, 3.8) is 0 Å². The van der Waals surface area contributed by atoms with Crippen molar-refractivity contribution in [1.82, 2.24) is 0 Å². The van der Waals surface area contributed by atoms with Gasteiger partial charge in [0.15, 0.2) is 0 Å². The maximum absolute atomic E-state index is 2.67. The quantitative estimate of drug-likeness (QED) is 0.318. The van der Waals surface area contributed by atoms with E-state index >= 15 is 0 Å². The summed E-state index contributed by atoms with van der Waals surface area (Å²) in [7, 11) is -2.27. The molecule has 0 aromatic carbocycles. The summed E-state index contributed by atoms with van der Waals surface area (Å²) < 4.78 is 0. The number of allylic oxidation sites excluding steroid dienone is 2. The van der Waals surface area contributed by atoms with Gasteiger partial charge in [-0.15, -0.1) is 0 Å². The lowest BCUT2D eigenvalue weighted by Crippen LogP contribution is -2.20. The highest BCUT2D eigenvalue weighted by atomic mass is 28.3. The van der Waals surface area contributed by atoms with Crippen LogP contribution in [0.2, 0.25) is 39.3 Å². The van der Waals surface area contributed by atoms with Crippen LogP contribution in [-0.4, -0.2) is 16.1 Å². The second-order valence-corrected chi connectivity index (χ2v) is 18.3. The monoisotopic (exact) mass is 310 g/mol. The van der Waals surface area contributed by atoms with Crippen LogP contribution in [0.3, 0.4) is 0 Å². The molecule has 0 fully saturated rings. The molecule has 0 bridgehead atoms. The minimum atomic E-state index is -1.14. The molecule has 0 amide bonds. The first-order valence-electron chi connectivity index (χ1n) is 8.53. The molecular weight excluding hydrogens is 272 g/mol. The van der Waals surface area contributed by atoms with Gasteiger partial charge in [0.2, 0.25) is 0 Å². The van der Waals surface area contributed by atoms with Crippen LogP contribution in [-0.2, 0) is 0 Å². The molecule has 0 nitrogen and oxygen atoms in total. The minimum Gasteiger partial charge on any atom is -0.0916 e. The van der Waals surface area contributed by atoms with Crippen LogP contribution in [0.15, 0.2) is 22.5 Å². The normalized spacial score (nSPS) is 14.8. The van der Waals surface area contributed by atoms with E-state index in [9.17, 15) is 0 Å². The predicted octanol–water partition coefficient (Wildman–Crippen LogP) is 6.97. The fraction of sp³-hybridized carbons (Fsp3) is 0.778. The number of rotatable bonds is 9. The summed E-state index contributed by atoms with van der Waals surface area (Å²) in [4.78, 5) is 0. The predicted molar refractivity (Wildman–Crippen MR) is 102 cm³/mol. The Morgan fingerprint density at radius 3 is 1.15 bits per heavy atom. The van der Waals surface area contributed by atoms with Gasteiger partial charge in [-0.3, -0.25) is 0 Å². The van der Waals surface area contributed by atoms with Crippen molar-refractivity contribution in [2.24, 2.45) is 0 Å². The smallest absolute Gasteiger partial charge is 0.0690 e. The van der Waals surface area contributed by atoms with Gasteiger partial charge in [0, 0.05) is 0 Å². The van der Waals surface area contributed by atoms with Crippen LogP contribution >= 0.6 is 0 Å². The molecule has 0 aromatic rings. The van der Waals surface area contributed by atoms with Crippen LogP contribution < -0.4 is 0 Å². The van der Waals surface area contributed by atoms with E-state index in [1.165, 1.54) is 38.5 Å². The van der Waals surface area contributed by atoms with Gasteiger partial charge >= 0.3 is 0 Å². The Labute approximate surface area is 130 Å². The molecule has 20 heavy (non-hydrogen) atoms. The number of unbranched alkanes of at least 4 members (excludes halogenated alkanes) is 2. The highest BCUT2D eigenvalue weighted by molar-refractivity contribution is 6.81. The lowest BCUT2D eigenvalue weighted by molar-refractivity contribution is 0.754. The lowest BCUT2D eigenvalue weighted by Gasteiger charge is -2.21. The molecule has 0 aliphatic carbocycles. The molecule has 0 rings (SSSR count). The fourth-order valence-electron chi connectivity index (χ4n) is 2.43. The van der Waals surface area contributed by atoms with Crippen LogP contribution in [0.5, 0.6) is 0 Å². The Morgan fingerprint density at radius 1 is 0.650 bits per heavy atom. The SMILES string of the molecule is CCCCC(=C[Si](C)(C)C)C(=C[Si](C)(C)C)CCCC. The van der Waals surface area contributed by atoms with E-state index in [0.29, 0.717) is 0 Å². The van der Waals surface area contributed by atoms with Crippen molar-refractivity contribution in [3.05, 3.63) is 22.5 Å². The van der Waals surface area contributed by atoms with Gasteiger partial charge in [-0.1, -0.05) is 88.5 Å². The largest absolute Gasteiger partial charge is 0.0916 e. The highest BCUT2D eigenvalue weighted by Gasteiger charge is 2.17. The number of hydrogen-bond acceptors (Lipinski definition) is 0.